The molecule has 1 fully saturated rings. The summed E-state index contributed by atoms with van der Waals surface area (Å²) in [5, 5.41) is 1.87. The third-order valence-corrected chi connectivity index (χ3v) is 4.08. The molecule has 1 aromatic rings. The molecule has 8 heteroatoms. The van der Waals surface area contributed by atoms with Crippen molar-refractivity contribution in [3.8, 4) is 0 Å². The van der Waals surface area contributed by atoms with E-state index < -0.39 is 17.9 Å². The molecule has 1 aromatic carbocycles. The van der Waals surface area contributed by atoms with Crippen molar-refractivity contribution >= 4 is 11.8 Å². The zero-order valence-electron chi connectivity index (χ0n) is 12.9. The van der Waals surface area contributed by atoms with Crippen molar-refractivity contribution in [1.82, 2.24) is 10.2 Å². The van der Waals surface area contributed by atoms with E-state index in [9.17, 15) is 27.2 Å². The molecule has 0 atom stereocenters. The summed E-state index contributed by atoms with van der Waals surface area (Å²) in [7, 11) is 0. The molecule has 0 aromatic heterocycles. The zero-order chi connectivity index (χ0) is 17.7. The maximum absolute atomic E-state index is 13.5. The SMILES string of the molecule is O=C(Cc1ccccc1F)N1CCC(CNC(=O)C(F)(F)F)CC1. The van der Waals surface area contributed by atoms with Gasteiger partial charge in [-0.3, -0.25) is 9.59 Å². The van der Waals surface area contributed by atoms with Crippen LogP contribution in [0.25, 0.3) is 0 Å². The lowest BCUT2D eigenvalue weighted by Crippen LogP contribution is -2.44. The number of alkyl halides is 3. The third-order valence-electron chi connectivity index (χ3n) is 4.08. The quantitative estimate of drug-likeness (QED) is 0.851. The van der Waals surface area contributed by atoms with E-state index in [4.69, 9.17) is 0 Å². The smallest absolute Gasteiger partial charge is 0.348 e. The maximum atomic E-state index is 13.5. The number of carbonyl (C=O) groups excluding carboxylic acids is 2. The summed E-state index contributed by atoms with van der Waals surface area (Å²) >= 11 is 0. The summed E-state index contributed by atoms with van der Waals surface area (Å²) in [5.41, 5.74) is 0.321. The first-order valence-corrected chi connectivity index (χ1v) is 7.63. The van der Waals surface area contributed by atoms with E-state index >= 15 is 0 Å². The van der Waals surface area contributed by atoms with Crippen LogP contribution in [0.5, 0.6) is 0 Å². The number of likely N-dealkylation sites (tertiary alicyclic amines) is 1. The number of hydrogen-bond donors (Lipinski definition) is 1. The molecular weight excluding hydrogens is 328 g/mol. The molecule has 0 unspecified atom stereocenters. The van der Waals surface area contributed by atoms with Crippen molar-refractivity contribution in [2.45, 2.75) is 25.4 Å². The van der Waals surface area contributed by atoms with Gasteiger partial charge in [0.25, 0.3) is 0 Å². The Hall–Kier alpha value is -2.12. The highest BCUT2D eigenvalue weighted by Crippen LogP contribution is 2.19. The lowest BCUT2D eigenvalue weighted by Gasteiger charge is -2.32. The molecule has 132 valence electrons. The van der Waals surface area contributed by atoms with Crippen molar-refractivity contribution in [3.05, 3.63) is 35.6 Å². The number of halogens is 4. The summed E-state index contributed by atoms with van der Waals surface area (Å²) in [6.07, 6.45) is -3.92. The Balaban J connectivity index is 1.77. The molecule has 0 radical (unpaired) electrons. The second-order valence-electron chi connectivity index (χ2n) is 5.80. The van der Waals surface area contributed by atoms with Gasteiger partial charge < -0.3 is 10.2 Å². The van der Waals surface area contributed by atoms with Crippen LogP contribution in [0.4, 0.5) is 17.6 Å². The first kappa shape index (κ1) is 18.2. The van der Waals surface area contributed by atoms with E-state index in [0.717, 1.165) is 0 Å². The highest BCUT2D eigenvalue weighted by atomic mass is 19.4. The number of piperidine rings is 1. The van der Waals surface area contributed by atoms with Crippen molar-refractivity contribution in [2.75, 3.05) is 19.6 Å². The van der Waals surface area contributed by atoms with Crippen molar-refractivity contribution < 1.29 is 27.2 Å². The monoisotopic (exact) mass is 346 g/mol. The van der Waals surface area contributed by atoms with E-state index in [1.165, 1.54) is 6.07 Å². The lowest BCUT2D eigenvalue weighted by molar-refractivity contribution is -0.173. The number of rotatable bonds is 4. The molecule has 1 aliphatic rings. The summed E-state index contributed by atoms with van der Waals surface area (Å²) in [6, 6.07) is 6.04. The van der Waals surface area contributed by atoms with E-state index in [2.05, 4.69) is 0 Å². The summed E-state index contributed by atoms with van der Waals surface area (Å²) in [4.78, 5) is 24.5. The summed E-state index contributed by atoms with van der Waals surface area (Å²) in [6.45, 7) is 0.716. The predicted molar refractivity (Wildman–Crippen MR) is 78.5 cm³/mol. The van der Waals surface area contributed by atoms with Gasteiger partial charge in [-0.2, -0.15) is 13.2 Å². The Bertz CT molecular complexity index is 596. The number of nitrogens with zero attached hydrogens (tertiary/aromatic N) is 1. The van der Waals surface area contributed by atoms with Crippen molar-refractivity contribution in [3.63, 3.8) is 0 Å². The summed E-state index contributed by atoms with van der Waals surface area (Å²) in [5.74, 6) is -2.69. The predicted octanol–water partition coefficient (Wildman–Crippen LogP) is 2.29. The number of nitrogens with one attached hydrogen (secondary N) is 1. The minimum absolute atomic E-state index is 0.0395. The third kappa shape index (κ3) is 4.94. The van der Waals surface area contributed by atoms with Gasteiger partial charge in [0.15, 0.2) is 0 Å². The van der Waals surface area contributed by atoms with Crippen molar-refractivity contribution in [1.29, 1.82) is 0 Å². The Morgan fingerprint density at radius 1 is 1.17 bits per heavy atom. The van der Waals surface area contributed by atoms with Gasteiger partial charge in [-0.25, -0.2) is 4.39 Å². The Labute approximate surface area is 136 Å². The molecule has 2 amide bonds. The largest absolute Gasteiger partial charge is 0.471 e. The van der Waals surface area contributed by atoms with Crippen LogP contribution in [0.2, 0.25) is 0 Å². The van der Waals surface area contributed by atoms with Crippen LogP contribution in [-0.4, -0.2) is 42.5 Å². The molecule has 1 N–H and O–H groups in total. The molecule has 0 spiro atoms. The molecule has 0 aliphatic carbocycles. The highest BCUT2D eigenvalue weighted by Gasteiger charge is 2.38. The average Bonchev–Trinajstić information content (AvgIpc) is 2.54. The number of benzene rings is 1. The van der Waals surface area contributed by atoms with E-state index in [-0.39, 0.29) is 24.8 Å². The molecule has 1 heterocycles. The second-order valence-corrected chi connectivity index (χ2v) is 5.80. The fourth-order valence-corrected chi connectivity index (χ4v) is 2.64. The molecule has 1 saturated heterocycles. The van der Waals surface area contributed by atoms with E-state index in [0.29, 0.717) is 31.5 Å². The number of amides is 2. The Morgan fingerprint density at radius 2 is 1.79 bits per heavy atom. The first-order valence-electron chi connectivity index (χ1n) is 7.63. The highest BCUT2D eigenvalue weighted by molar-refractivity contribution is 5.81. The van der Waals surface area contributed by atoms with Crippen LogP contribution < -0.4 is 5.32 Å². The number of hydrogen-bond acceptors (Lipinski definition) is 2. The van der Waals surface area contributed by atoms with Crippen LogP contribution in [0.15, 0.2) is 24.3 Å². The van der Waals surface area contributed by atoms with Crippen LogP contribution in [-0.2, 0) is 16.0 Å². The second kappa shape index (κ2) is 7.63. The fourth-order valence-electron chi connectivity index (χ4n) is 2.64. The van der Waals surface area contributed by atoms with Crippen LogP contribution >= 0.6 is 0 Å². The van der Waals surface area contributed by atoms with Gasteiger partial charge in [0.2, 0.25) is 5.91 Å². The van der Waals surface area contributed by atoms with Gasteiger partial charge >= 0.3 is 12.1 Å². The standard InChI is InChI=1S/C16H18F4N2O2/c17-13-4-2-1-3-12(13)9-14(23)22-7-5-11(6-8-22)10-21-15(24)16(18,19)20/h1-4,11H,5-10H2,(H,21,24). The van der Waals surface area contributed by atoms with Gasteiger partial charge in [-0.15, -0.1) is 0 Å². The normalized spacial score (nSPS) is 16.1. The minimum Gasteiger partial charge on any atom is -0.348 e. The van der Waals surface area contributed by atoms with E-state index in [1.54, 1.807) is 23.1 Å². The molecule has 0 saturated carbocycles. The Kier molecular flexibility index (Phi) is 5.80. The molecular formula is C16H18F4N2O2. The average molecular weight is 346 g/mol. The molecule has 2 rings (SSSR count). The first-order chi connectivity index (χ1) is 11.3. The van der Waals surface area contributed by atoms with Gasteiger partial charge in [0, 0.05) is 19.6 Å². The van der Waals surface area contributed by atoms with Gasteiger partial charge in [0.1, 0.15) is 5.82 Å². The maximum Gasteiger partial charge on any atom is 0.471 e. The molecule has 4 nitrogen and oxygen atoms in total. The molecule has 24 heavy (non-hydrogen) atoms. The van der Waals surface area contributed by atoms with Crippen LogP contribution in [0, 0.1) is 11.7 Å². The minimum atomic E-state index is -4.88. The molecule has 0 bridgehead atoms. The fraction of sp³-hybridized carbons (Fsp3) is 0.500. The van der Waals surface area contributed by atoms with Crippen molar-refractivity contribution in [2.24, 2.45) is 5.92 Å². The zero-order valence-corrected chi connectivity index (χ0v) is 12.9. The van der Waals surface area contributed by atoms with Gasteiger partial charge in [-0.05, 0) is 30.4 Å². The molecule has 1 aliphatic heterocycles. The topological polar surface area (TPSA) is 49.4 Å². The van der Waals surface area contributed by atoms with Gasteiger partial charge in [-0.1, -0.05) is 18.2 Å². The van der Waals surface area contributed by atoms with E-state index in [1.807, 2.05) is 5.32 Å². The lowest BCUT2D eigenvalue weighted by atomic mass is 9.96. The van der Waals surface area contributed by atoms with Crippen LogP contribution in [0.1, 0.15) is 18.4 Å². The van der Waals surface area contributed by atoms with Gasteiger partial charge in [0.05, 0.1) is 6.42 Å². The number of carbonyl (C=O) groups is 2. The Morgan fingerprint density at radius 3 is 2.38 bits per heavy atom. The van der Waals surface area contributed by atoms with Crippen LogP contribution in [0.3, 0.4) is 0 Å². The summed E-state index contributed by atoms with van der Waals surface area (Å²) < 4.78 is 49.9.